The normalized spacial score (nSPS) is 24.5. The Morgan fingerprint density at radius 3 is 2.89 bits per heavy atom. The van der Waals surface area contributed by atoms with Crippen molar-refractivity contribution in [1.82, 2.24) is 19.8 Å². The fourth-order valence-corrected chi connectivity index (χ4v) is 3.55. The van der Waals surface area contributed by atoms with E-state index in [-0.39, 0.29) is 0 Å². The maximum Gasteiger partial charge on any atom is 0.122 e. The predicted molar refractivity (Wildman–Crippen MR) is 72.3 cm³/mol. The van der Waals surface area contributed by atoms with Crippen LogP contribution in [0.4, 0.5) is 0 Å². The van der Waals surface area contributed by atoms with Crippen molar-refractivity contribution in [2.75, 3.05) is 19.6 Å². The Morgan fingerprint density at radius 1 is 1.33 bits per heavy atom. The summed E-state index contributed by atoms with van der Waals surface area (Å²) in [6, 6.07) is 0. The SMILES string of the molecule is Cn1ccnc1CN1CCNCC12CCCCC2. The summed E-state index contributed by atoms with van der Waals surface area (Å²) in [5, 5.41) is 3.60. The van der Waals surface area contributed by atoms with Crippen molar-refractivity contribution in [2.45, 2.75) is 44.2 Å². The molecule has 3 rings (SSSR count). The van der Waals surface area contributed by atoms with Crippen LogP contribution in [0.3, 0.4) is 0 Å². The number of piperazine rings is 1. The summed E-state index contributed by atoms with van der Waals surface area (Å²) in [5.41, 5.74) is 0.405. The van der Waals surface area contributed by atoms with Crippen LogP contribution in [0, 0.1) is 0 Å². The minimum atomic E-state index is 0.405. The molecule has 0 aromatic carbocycles. The fraction of sp³-hybridized carbons (Fsp3) is 0.786. The fourth-order valence-electron chi connectivity index (χ4n) is 3.55. The summed E-state index contributed by atoms with van der Waals surface area (Å²) >= 11 is 0. The van der Waals surface area contributed by atoms with Gasteiger partial charge in [-0.05, 0) is 12.8 Å². The highest BCUT2D eigenvalue weighted by Gasteiger charge is 2.39. The molecule has 18 heavy (non-hydrogen) atoms. The van der Waals surface area contributed by atoms with Crippen LogP contribution in [-0.4, -0.2) is 39.6 Å². The topological polar surface area (TPSA) is 33.1 Å². The molecule has 2 aliphatic rings. The second-order valence-electron chi connectivity index (χ2n) is 5.84. The molecule has 1 aliphatic carbocycles. The van der Waals surface area contributed by atoms with Crippen molar-refractivity contribution >= 4 is 0 Å². The molecule has 2 heterocycles. The van der Waals surface area contributed by atoms with Gasteiger partial charge in [0.1, 0.15) is 5.82 Å². The maximum atomic E-state index is 4.49. The highest BCUT2D eigenvalue weighted by Crippen LogP contribution is 2.35. The second-order valence-corrected chi connectivity index (χ2v) is 5.84. The molecule has 4 nitrogen and oxygen atoms in total. The molecule has 1 N–H and O–H groups in total. The van der Waals surface area contributed by atoms with Crippen molar-refractivity contribution in [2.24, 2.45) is 7.05 Å². The van der Waals surface area contributed by atoms with Crippen molar-refractivity contribution in [3.05, 3.63) is 18.2 Å². The zero-order valence-corrected chi connectivity index (χ0v) is 11.4. The van der Waals surface area contributed by atoms with Crippen molar-refractivity contribution < 1.29 is 0 Å². The summed E-state index contributed by atoms with van der Waals surface area (Å²) < 4.78 is 2.15. The third-order valence-electron chi connectivity index (χ3n) is 4.72. The van der Waals surface area contributed by atoms with Crippen LogP contribution in [0.5, 0.6) is 0 Å². The first kappa shape index (κ1) is 12.2. The van der Waals surface area contributed by atoms with Crippen LogP contribution in [-0.2, 0) is 13.6 Å². The first-order valence-electron chi connectivity index (χ1n) is 7.22. The van der Waals surface area contributed by atoms with Gasteiger partial charge in [0.05, 0.1) is 6.54 Å². The maximum absolute atomic E-state index is 4.49. The lowest BCUT2D eigenvalue weighted by Crippen LogP contribution is -2.61. The van der Waals surface area contributed by atoms with E-state index in [2.05, 4.69) is 26.8 Å². The molecule has 0 atom stereocenters. The van der Waals surface area contributed by atoms with Crippen LogP contribution in [0.1, 0.15) is 37.9 Å². The van der Waals surface area contributed by atoms with Crippen molar-refractivity contribution in [3.63, 3.8) is 0 Å². The first-order valence-corrected chi connectivity index (χ1v) is 7.22. The number of hydrogen-bond acceptors (Lipinski definition) is 3. The second kappa shape index (κ2) is 5.02. The zero-order valence-electron chi connectivity index (χ0n) is 11.4. The molecular weight excluding hydrogens is 224 g/mol. The highest BCUT2D eigenvalue weighted by atomic mass is 15.3. The molecule has 1 spiro atoms. The zero-order chi connectivity index (χ0) is 12.4. The van der Waals surface area contributed by atoms with Gasteiger partial charge in [-0.1, -0.05) is 19.3 Å². The van der Waals surface area contributed by atoms with Gasteiger partial charge in [-0.3, -0.25) is 4.90 Å². The van der Waals surface area contributed by atoms with Crippen LogP contribution in [0.2, 0.25) is 0 Å². The summed E-state index contributed by atoms with van der Waals surface area (Å²) in [7, 11) is 2.10. The lowest BCUT2D eigenvalue weighted by molar-refractivity contribution is 0.0183. The summed E-state index contributed by atoms with van der Waals surface area (Å²) in [6.07, 6.45) is 10.8. The summed E-state index contributed by atoms with van der Waals surface area (Å²) in [6.45, 7) is 4.45. The van der Waals surface area contributed by atoms with Gasteiger partial charge in [0.25, 0.3) is 0 Å². The molecule has 0 amide bonds. The minimum absolute atomic E-state index is 0.405. The van der Waals surface area contributed by atoms with Crippen LogP contribution in [0.25, 0.3) is 0 Å². The Balaban J connectivity index is 1.77. The standard InChI is InChI=1S/C14H24N4/c1-17-9-8-16-13(17)11-18-10-7-15-12-14(18)5-3-2-4-6-14/h8-9,15H,2-7,10-12H2,1H3. The largest absolute Gasteiger partial charge is 0.337 e. The number of nitrogens with zero attached hydrogens (tertiary/aromatic N) is 3. The van der Waals surface area contributed by atoms with E-state index in [1.54, 1.807) is 0 Å². The van der Waals surface area contributed by atoms with Gasteiger partial charge in [0.15, 0.2) is 0 Å². The molecule has 1 saturated heterocycles. The Kier molecular flexibility index (Phi) is 3.39. The number of hydrogen-bond donors (Lipinski definition) is 1. The van der Waals surface area contributed by atoms with Gasteiger partial charge in [-0.25, -0.2) is 4.98 Å². The Bertz CT molecular complexity index is 384. The average molecular weight is 248 g/mol. The van der Waals surface area contributed by atoms with Crippen LogP contribution in [0.15, 0.2) is 12.4 Å². The van der Waals surface area contributed by atoms with Crippen LogP contribution < -0.4 is 5.32 Å². The summed E-state index contributed by atoms with van der Waals surface area (Å²) in [4.78, 5) is 7.17. The number of imidazole rings is 1. The van der Waals surface area contributed by atoms with Gasteiger partial charge in [0.2, 0.25) is 0 Å². The van der Waals surface area contributed by atoms with E-state index in [0.29, 0.717) is 5.54 Å². The smallest absolute Gasteiger partial charge is 0.122 e. The van der Waals surface area contributed by atoms with Gasteiger partial charge in [-0.2, -0.15) is 0 Å². The molecule has 1 aromatic heterocycles. The minimum Gasteiger partial charge on any atom is -0.337 e. The molecule has 100 valence electrons. The van der Waals surface area contributed by atoms with Gasteiger partial charge in [-0.15, -0.1) is 0 Å². The van der Waals surface area contributed by atoms with E-state index < -0.39 is 0 Å². The van der Waals surface area contributed by atoms with E-state index in [1.807, 2.05) is 12.4 Å². The number of aryl methyl sites for hydroxylation is 1. The predicted octanol–water partition coefficient (Wildman–Crippen LogP) is 1.53. The van der Waals surface area contributed by atoms with Gasteiger partial charge >= 0.3 is 0 Å². The van der Waals surface area contributed by atoms with Crippen molar-refractivity contribution in [3.8, 4) is 0 Å². The average Bonchev–Trinajstić information content (AvgIpc) is 2.79. The van der Waals surface area contributed by atoms with Crippen molar-refractivity contribution in [1.29, 1.82) is 0 Å². The molecule has 0 bridgehead atoms. The molecule has 4 heteroatoms. The first-order chi connectivity index (χ1) is 8.80. The summed E-state index contributed by atoms with van der Waals surface area (Å²) in [5.74, 6) is 1.20. The van der Waals surface area contributed by atoms with Gasteiger partial charge < -0.3 is 9.88 Å². The monoisotopic (exact) mass is 248 g/mol. The Hall–Kier alpha value is -0.870. The van der Waals surface area contributed by atoms with E-state index in [9.17, 15) is 0 Å². The third-order valence-corrected chi connectivity index (χ3v) is 4.72. The molecule has 0 radical (unpaired) electrons. The lowest BCUT2D eigenvalue weighted by atomic mass is 9.79. The number of nitrogens with one attached hydrogen (secondary N) is 1. The van der Waals surface area contributed by atoms with E-state index in [0.717, 1.165) is 26.2 Å². The molecule has 1 aromatic rings. The van der Waals surface area contributed by atoms with E-state index in [1.165, 1.54) is 37.9 Å². The Labute approximate surface area is 109 Å². The van der Waals surface area contributed by atoms with E-state index in [4.69, 9.17) is 0 Å². The van der Waals surface area contributed by atoms with Crippen LogP contribution >= 0.6 is 0 Å². The third kappa shape index (κ3) is 2.19. The number of rotatable bonds is 2. The van der Waals surface area contributed by atoms with Gasteiger partial charge in [0, 0.05) is 44.6 Å². The number of aromatic nitrogens is 2. The molecule has 2 fully saturated rings. The quantitative estimate of drug-likeness (QED) is 0.861. The Morgan fingerprint density at radius 2 is 2.17 bits per heavy atom. The van der Waals surface area contributed by atoms with E-state index >= 15 is 0 Å². The molecule has 1 saturated carbocycles. The lowest BCUT2D eigenvalue weighted by Gasteiger charge is -2.49. The highest BCUT2D eigenvalue weighted by molar-refractivity contribution is 5.01. The molecule has 1 aliphatic heterocycles. The molecular formula is C14H24N4. The molecule has 0 unspecified atom stereocenters.